The zero-order valence-electron chi connectivity index (χ0n) is 13.5. The van der Waals surface area contributed by atoms with Crippen molar-refractivity contribution in [3.8, 4) is 11.3 Å². The summed E-state index contributed by atoms with van der Waals surface area (Å²) < 4.78 is 1.99. The maximum Gasteiger partial charge on any atom is 0.219 e. The first-order chi connectivity index (χ1) is 11.2. The first kappa shape index (κ1) is 17.2. The molecule has 3 rings (SSSR count). The Balaban J connectivity index is 1.87. The van der Waals surface area contributed by atoms with Crippen LogP contribution in [0.5, 0.6) is 0 Å². The van der Waals surface area contributed by atoms with Gasteiger partial charge in [0.15, 0.2) is 0 Å². The average molecular weight is 364 g/mol. The fraction of sp³-hybridized carbons (Fsp3) is 0.294. The second kappa shape index (κ2) is 6.01. The third-order valence-corrected chi connectivity index (χ3v) is 4.75. The molecule has 5 nitrogen and oxygen atoms in total. The molecule has 2 heterocycles. The fourth-order valence-electron chi connectivity index (χ4n) is 2.76. The maximum atomic E-state index is 6.43. The first-order valence-electron chi connectivity index (χ1n) is 7.50. The quantitative estimate of drug-likeness (QED) is 0.821. The Morgan fingerprint density at radius 3 is 2.42 bits per heavy atom. The number of amidine groups is 1. The molecule has 1 aromatic carbocycles. The van der Waals surface area contributed by atoms with E-state index in [-0.39, 0.29) is 5.29 Å². The van der Waals surface area contributed by atoms with Crippen molar-refractivity contribution in [2.24, 2.45) is 28.5 Å². The van der Waals surface area contributed by atoms with Gasteiger partial charge < -0.3 is 16.0 Å². The van der Waals surface area contributed by atoms with Crippen LogP contribution in [0.4, 0.5) is 0 Å². The number of aliphatic imine (C=N–C) groups is 2. The lowest BCUT2D eigenvalue weighted by molar-refractivity contribution is 0.321. The highest BCUT2D eigenvalue weighted by Crippen LogP contribution is 2.28. The average Bonchev–Trinajstić information content (AvgIpc) is 2.83. The van der Waals surface area contributed by atoms with E-state index in [2.05, 4.69) is 9.98 Å². The Hall–Kier alpha value is -1.66. The summed E-state index contributed by atoms with van der Waals surface area (Å²) in [5, 5.41) is 0.831. The Morgan fingerprint density at radius 1 is 1.17 bits per heavy atom. The molecule has 0 amide bonds. The van der Waals surface area contributed by atoms with Crippen LogP contribution >= 0.6 is 23.2 Å². The second-order valence-electron chi connectivity index (χ2n) is 6.37. The minimum atomic E-state index is -1.04. The number of hydrogen-bond donors (Lipinski definition) is 2. The van der Waals surface area contributed by atoms with Crippen molar-refractivity contribution in [2.45, 2.75) is 24.5 Å². The van der Waals surface area contributed by atoms with E-state index in [1.54, 1.807) is 13.1 Å². The number of aromatic nitrogens is 1. The summed E-state index contributed by atoms with van der Waals surface area (Å²) in [6.07, 6.45) is 3.89. The van der Waals surface area contributed by atoms with Gasteiger partial charge in [-0.05, 0) is 35.7 Å². The van der Waals surface area contributed by atoms with Gasteiger partial charge in [0.05, 0.1) is 10.6 Å². The summed E-state index contributed by atoms with van der Waals surface area (Å²) in [4.78, 5) is 8.23. The zero-order chi connectivity index (χ0) is 17.5. The molecule has 126 valence electrons. The van der Waals surface area contributed by atoms with E-state index in [4.69, 9.17) is 34.7 Å². The molecule has 1 aliphatic heterocycles. The molecule has 2 atom stereocenters. The molecule has 0 bridgehead atoms. The maximum absolute atomic E-state index is 6.43. The smallest absolute Gasteiger partial charge is 0.219 e. The molecule has 2 unspecified atom stereocenters. The van der Waals surface area contributed by atoms with Crippen molar-refractivity contribution >= 4 is 34.7 Å². The highest BCUT2D eigenvalue weighted by atomic mass is 35.5. The van der Waals surface area contributed by atoms with Crippen molar-refractivity contribution < 1.29 is 0 Å². The number of nitrogens with zero attached hydrogens (tertiary/aromatic N) is 3. The van der Waals surface area contributed by atoms with Gasteiger partial charge in [-0.1, -0.05) is 35.9 Å². The van der Waals surface area contributed by atoms with Gasteiger partial charge in [0.1, 0.15) is 5.66 Å². The lowest BCUT2D eigenvalue weighted by Gasteiger charge is -2.39. The Morgan fingerprint density at radius 2 is 1.83 bits per heavy atom. The third kappa shape index (κ3) is 3.13. The topological polar surface area (TPSA) is 81.7 Å². The number of hydrogen-bond acceptors (Lipinski definition) is 4. The molecule has 7 heteroatoms. The summed E-state index contributed by atoms with van der Waals surface area (Å²) in [7, 11) is 1.96. The molecule has 0 fully saturated rings. The standard InChI is InChI=1S/C17H19Cl2N5/c1-16(20)10-22-15(19)23-17(16,21)8-11-3-5-12(6-4-11)14-7-13(18)9-24(14)2/h3-7,9-10H,8,20-21H2,1-2H3. The monoisotopic (exact) mass is 363 g/mol. The van der Waals surface area contributed by atoms with Crippen LogP contribution in [0.3, 0.4) is 0 Å². The predicted octanol–water partition coefficient (Wildman–Crippen LogP) is 2.94. The highest BCUT2D eigenvalue weighted by Gasteiger charge is 2.43. The summed E-state index contributed by atoms with van der Waals surface area (Å²) in [6.45, 7) is 1.80. The third-order valence-electron chi connectivity index (χ3n) is 4.36. The van der Waals surface area contributed by atoms with E-state index in [9.17, 15) is 0 Å². The lowest BCUT2D eigenvalue weighted by Crippen LogP contribution is -2.66. The highest BCUT2D eigenvalue weighted by molar-refractivity contribution is 6.65. The van der Waals surface area contributed by atoms with E-state index >= 15 is 0 Å². The van der Waals surface area contributed by atoms with Crippen molar-refractivity contribution in [1.82, 2.24) is 4.57 Å². The summed E-state index contributed by atoms with van der Waals surface area (Å²) >= 11 is 12.0. The normalized spacial score (nSPS) is 26.5. The summed E-state index contributed by atoms with van der Waals surface area (Å²) in [5.41, 5.74) is 13.9. The number of benzene rings is 1. The molecule has 0 spiro atoms. The number of aryl methyl sites for hydroxylation is 1. The van der Waals surface area contributed by atoms with Gasteiger partial charge in [-0.25, -0.2) is 9.98 Å². The molecule has 0 saturated carbocycles. The summed E-state index contributed by atoms with van der Waals surface area (Å²) in [5.74, 6) is 0. The van der Waals surface area contributed by atoms with Crippen LogP contribution < -0.4 is 11.5 Å². The minimum absolute atomic E-state index is 0.121. The molecular weight excluding hydrogens is 345 g/mol. The van der Waals surface area contributed by atoms with Crippen LogP contribution in [0.2, 0.25) is 5.02 Å². The number of rotatable bonds is 3. The molecule has 0 saturated heterocycles. The van der Waals surface area contributed by atoms with Crippen LogP contribution in [0.15, 0.2) is 46.5 Å². The minimum Gasteiger partial charge on any atom is -0.349 e. The van der Waals surface area contributed by atoms with Gasteiger partial charge in [0.25, 0.3) is 0 Å². The lowest BCUT2D eigenvalue weighted by atomic mass is 9.83. The largest absolute Gasteiger partial charge is 0.349 e. The number of nitrogens with two attached hydrogens (primary N) is 2. The number of halogens is 2. The molecule has 0 aliphatic carbocycles. The predicted molar refractivity (Wildman–Crippen MR) is 101 cm³/mol. The Bertz CT molecular complexity index is 820. The second-order valence-corrected chi connectivity index (χ2v) is 7.15. The van der Waals surface area contributed by atoms with Gasteiger partial charge in [0, 0.05) is 31.6 Å². The Labute approximate surface area is 151 Å². The van der Waals surface area contributed by atoms with Crippen LogP contribution in [0, 0.1) is 0 Å². The zero-order valence-corrected chi connectivity index (χ0v) is 15.0. The first-order valence-corrected chi connectivity index (χ1v) is 8.25. The van der Waals surface area contributed by atoms with Crippen LogP contribution in [0.1, 0.15) is 12.5 Å². The molecule has 24 heavy (non-hydrogen) atoms. The van der Waals surface area contributed by atoms with Crippen LogP contribution in [-0.2, 0) is 13.5 Å². The molecule has 1 aliphatic rings. The molecule has 2 aromatic rings. The van der Waals surface area contributed by atoms with E-state index in [0.29, 0.717) is 11.4 Å². The van der Waals surface area contributed by atoms with E-state index in [0.717, 1.165) is 16.8 Å². The van der Waals surface area contributed by atoms with Crippen molar-refractivity contribution in [1.29, 1.82) is 0 Å². The van der Waals surface area contributed by atoms with Crippen molar-refractivity contribution in [3.63, 3.8) is 0 Å². The molecule has 1 aromatic heterocycles. The van der Waals surface area contributed by atoms with Gasteiger partial charge in [-0.3, -0.25) is 0 Å². The fourth-order valence-corrected chi connectivity index (χ4v) is 3.21. The van der Waals surface area contributed by atoms with Gasteiger partial charge in [-0.15, -0.1) is 0 Å². The van der Waals surface area contributed by atoms with Crippen molar-refractivity contribution in [3.05, 3.63) is 47.1 Å². The van der Waals surface area contributed by atoms with E-state index in [1.807, 2.05) is 48.1 Å². The molecule has 4 N–H and O–H groups in total. The van der Waals surface area contributed by atoms with E-state index in [1.165, 1.54) is 0 Å². The van der Waals surface area contributed by atoms with Crippen molar-refractivity contribution in [2.75, 3.05) is 0 Å². The van der Waals surface area contributed by atoms with Gasteiger partial charge in [0.2, 0.25) is 5.29 Å². The SMILES string of the molecule is Cn1cc(Cl)cc1-c1ccc(CC2(N)N=C(Cl)N=CC2(C)N)cc1. The Kier molecular flexibility index (Phi) is 4.30. The molecular formula is C17H19Cl2N5. The van der Waals surface area contributed by atoms with Crippen LogP contribution in [-0.4, -0.2) is 27.3 Å². The van der Waals surface area contributed by atoms with E-state index < -0.39 is 11.2 Å². The van der Waals surface area contributed by atoms with Gasteiger partial charge >= 0.3 is 0 Å². The van der Waals surface area contributed by atoms with Gasteiger partial charge in [-0.2, -0.15) is 0 Å². The summed E-state index contributed by atoms with van der Waals surface area (Å²) in [6, 6.07) is 10.0. The van der Waals surface area contributed by atoms with Crippen LogP contribution in [0.25, 0.3) is 11.3 Å². The molecule has 0 radical (unpaired) electrons.